The zero-order valence-corrected chi connectivity index (χ0v) is 20.6. The van der Waals surface area contributed by atoms with Gasteiger partial charge in [-0.05, 0) is 88.5 Å². The maximum Gasteiger partial charge on any atom is 0.00366 e. The molecule has 4 bridgehead atoms. The second-order valence-corrected chi connectivity index (χ2v) is 14.1. The van der Waals surface area contributed by atoms with Crippen LogP contribution in [0.15, 0.2) is 18.2 Å². The first-order valence-corrected chi connectivity index (χ1v) is 12.3. The molecular formula is C25H40P2. The standard InChI is InChI=1S/C25H40P2/c1-23(2,3)18-7-8-19(22(26)24(4,5)6)20(12-18)21-17-10-15-9-16(11-17)14-25(21,27)13-15/h7-8,12,15-17,21-22H,9-11,13-14,26-27H2,1-6H3. The molecule has 0 spiro atoms. The lowest BCUT2D eigenvalue weighted by molar-refractivity contribution is 0.0155. The van der Waals surface area contributed by atoms with E-state index in [-0.39, 0.29) is 10.8 Å². The predicted octanol–water partition coefficient (Wildman–Crippen LogP) is 7.48. The number of benzene rings is 1. The van der Waals surface area contributed by atoms with E-state index >= 15 is 0 Å². The van der Waals surface area contributed by atoms with E-state index in [0.29, 0.717) is 10.8 Å². The monoisotopic (exact) mass is 402 g/mol. The highest BCUT2D eigenvalue weighted by atomic mass is 31.0. The second-order valence-electron chi connectivity index (χ2n) is 12.3. The summed E-state index contributed by atoms with van der Waals surface area (Å²) in [6.45, 7) is 14.3. The van der Waals surface area contributed by atoms with Crippen molar-refractivity contribution in [2.24, 2.45) is 23.2 Å². The fourth-order valence-corrected chi connectivity index (χ4v) is 8.15. The van der Waals surface area contributed by atoms with Crippen LogP contribution in [0.1, 0.15) is 102 Å². The molecule has 1 aromatic rings. The molecule has 4 aliphatic carbocycles. The summed E-state index contributed by atoms with van der Waals surface area (Å²) in [5, 5.41) is 0.447. The Kier molecular flexibility index (Phi) is 4.93. The van der Waals surface area contributed by atoms with Crippen LogP contribution in [-0.4, -0.2) is 5.16 Å². The summed E-state index contributed by atoms with van der Waals surface area (Å²) < 4.78 is 0. The molecule has 0 aromatic heterocycles. The third kappa shape index (κ3) is 3.57. The molecule has 4 saturated carbocycles. The van der Waals surface area contributed by atoms with Gasteiger partial charge in [-0.1, -0.05) is 59.7 Å². The molecule has 6 unspecified atom stereocenters. The fourth-order valence-electron chi connectivity index (χ4n) is 6.73. The lowest BCUT2D eigenvalue weighted by atomic mass is 9.49. The third-order valence-electron chi connectivity index (χ3n) is 7.92. The fraction of sp³-hybridized carbons (Fsp3) is 0.760. The van der Waals surface area contributed by atoms with Crippen molar-refractivity contribution in [1.29, 1.82) is 0 Å². The van der Waals surface area contributed by atoms with E-state index in [9.17, 15) is 0 Å². The van der Waals surface area contributed by atoms with Gasteiger partial charge in [0.2, 0.25) is 0 Å². The Bertz CT molecular complexity index is 707. The average Bonchev–Trinajstić information content (AvgIpc) is 2.50. The lowest BCUT2D eigenvalue weighted by Crippen LogP contribution is -2.52. The van der Waals surface area contributed by atoms with E-state index in [1.54, 1.807) is 11.1 Å². The van der Waals surface area contributed by atoms with Gasteiger partial charge in [-0.2, -0.15) is 0 Å². The maximum atomic E-state index is 3.41. The number of rotatable bonds is 2. The first kappa shape index (κ1) is 20.4. The SMILES string of the molecule is CC(C)(C)c1ccc(C(P)C(C)(C)C)c(C2C3CC4CC(C3)CC2(P)C4)c1. The summed E-state index contributed by atoms with van der Waals surface area (Å²) in [4.78, 5) is 0. The highest BCUT2D eigenvalue weighted by Crippen LogP contribution is 2.66. The van der Waals surface area contributed by atoms with Gasteiger partial charge in [0.1, 0.15) is 0 Å². The molecule has 0 saturated heterocycles. The molecule has 4 fully saturated rings. The lowest BCUT2D eigenvalue weighted by Gasteiger charge is -2.60. The van der Waals surface area contributed by atoms with Gasteiger partial charge in [0.25, 0.3) is 0 Å². The van der Waals surface area contributed by atoms with E-state index in [4.69, 9.17) is 0 Å². The quantitative estimate of drug-likeness (QED) is 0.450. The topological polar surface area (TPSA) is 0 Å². The van der Waals surface area contributed by atoms with Gasteiger partial charge >= 0.3 is 0 Å². The van der Waals surface area contributed by atoms with Crippen LogP contribution in [0.25, 0.3) is 0 Å². The summed E-state index contributed by atoms with van der Waals surface area (Å²) in [6.07, 6.45) is 7.35. The van der Waals surface area contributed by atoms with Gasteiger partial charge in [0.05, 0.1) is 0 Å². The van der Waals surface area contributed by atoms with Crippen LogP contribution in [0.4, 0.5) is 0 Å². The second kappa shape index (κ2) is 6.54. The minimum absolute atomic E-state index is 0.214. The molecule has 6 atom stereocenters. The molecule has 2 heteroatoms. The molecule has 0 nitrogen and oxygen atoms in total. The van der Waals surface area contributed by atoms with Crippen LogP contribution in [-0.2, 0) is 5.41 Å². The van der Waals surface area contributed by atoms with Crippen LogP contribution in [0.2, 0.25) is 0 Å². The van der Waals surface area contributed by atoms with Crippen molar-refractivity contribution in [3.05, 3.63) is 34.9 Å². The van der Waals surface area contributed by atoms with Crippen LogP contribution < -0.4 is 0 Å². The van der Waals surface area contributed by atoms with Gasteiger partial charge in [0, 0.05) is 5.66 Å². The smallest absolute Gasteiger partial charge is 0.00366 e. The Morgan fingerprint density at radius 2 is 1.56 bits per heavy atom. The molecule has 1 aromatic carbocycles. The molecule has 0 aliphatic heterocycles. The van der Waals surface area contributed by atoms with Crippen molar-refractivity contribution in [2.75, 3.05) is 0 Å². The Balaban J connectivity index is 1.85. The van der Waals surface area contributed by atoms with Crippen molar-refractivity contribution in [2.45, 2.75) is 95.8 Å². The van der Waals surface area contributed by atoms with Crippen LogP contribution in [0, 0.1) is 23.2 Å². The van der Waals surface area contributed by atoms with E-state index in [0.717, 1.165) is 23.7 Å². The normalized spacial score (nSPS) is 36.9. The Morgan fingerprint density at radius 1 is 0.963 bits per heavy atom. The van der Waals surface area contributed by atoms with E-state index in [1.165, 1.54) is 37.7 Å². The van der Waals surface area contributed by atoms with E-state index in [1.807, 2.05) is 0 Å². The van der Waals surface area contributed by atoms with Crippen molar-refractivity contribution < 1.29 is 0 Å². The Morgan fingerprint density at radius 3 is 2.04 bits per heavy atom. The highest BCUT2D eigenvalue weighted by molar-refractivity contribution is 7.19. The van der Waals surface area contributed by atoms with Crippen molar-refractivity contribution in [3.8, 4) is 0 Å². The summed E-state index contributed by atoms with van der Waals surface area (Å²) in [7, 11) is 6.60. The molecule has 0 amide bonds. The van der Waals surface area contributed by atoms with Gasteiger partial charge in [-0.15, -0.1) is 18.5 Å². The number of hydrogen-bond acceptors (Lipinski definition) is 0. The number of hydrogen-bond donors (Lipinski definition) is 0. The molecule has 4 aliphatic rings. The molecule has 0 N–H and O–H groups in total. The molecule has 150 valence electrons. The van der Waals surface area contributed by atoms with Gasteiger partial charge in [-0.3, -0.25) is 0 Å². The van der Waals surface area contributed by atoms with Crippen molar-refractivity contribution in [1.82, 2.24) is 0 Å². The van der Waals surface area contributed by atoms with Crippen molar-refractivity contribution in [3.63, 3.8) is 0 Å². The zero-order chi connectivity index (χ0) is 19.8. The average molecular weight is 403 g/mol. The third-order valence-corrected chi connectivity index (χ3v) is 10.1. The zero-order valence-electron chi connectivity index (χ0n) is 18.3. The summed E-state index contributed by atoms with van der Waals surface area (Å²) >= 11 is 0. The molecule has 0 heterocycles. The van der Waals surface area contributed by atoms with E-state index in [2.05, 4.69) is 78.2 Å². The summed E-state index contributed by atoms with van der Waals surface area (Å²) in [5.41, 5.74) is 5.78. The van der Waals surface area contributed by atoms with Crippen LogP contribution >= 0.6 is 18.5 Å². The minimum atomic E-state index is 0.214. The maximum absolute atomic E-state index is 3.41. The predicted molar refractivity (Wildman–Crippen MR) is 126 cm³/mol. The van der Waals surface area contributed by atoms with Crippen LogP contribution in [0.3, 0.4) is 0 Å². The van der Waals surface area contributed by atoms with Crippen LogP contribution in [0.5, 0.6) is 0 Å². The minimum Gasteiger partial charge on any atom is -0.130 e. The molecule has 5 rings (SSSR count). The van der Waals surface area contributed by atoms with Gasteiger partial charge in [-0.25, -0.2) is 0 Å². The summed E-state index contributed by atoms with van der Waals surface area (Å²) in [5.74, 6) is 3.64. The van der Waals surface area contributed by atoms with E-state index < -0.39 is 0 Å². The van der Waals surface area contributed by atoms with Gasteiger partial charge < -0.3 is 0 Å². The first-order valence-electron chi connectivity index (χ1n) is 11.1. The van der Waals surface area contributed by atoms with Crippen molar-refractivity contribution >= 4 is 18.5 Å². The molecule has 27 heavy (non-hydrogen) atoms. The first-order chi connectivity index (χ1) is 12.4. The Hall–Kier alpha value is 0.0800. The Labute approximate surface area is 172 Å². The summed E-state index contributed by atoms with van der Waals surface area (Å²) in [6, 6.07) is 7.52. The molecular weight excluding hydrogens is 362 g/mol. The highest BCUT2D eigenvalue weighted by Gasteiger charge is 2.55. The molecule has 0 radical (unpaired) electrons. The van der Waals surface area contributed by atoms with Gasteiger partial charge in [0.15, 0.2) is 0 Å². The largest absolute Gasteiger partial charge is 0.130 e.